The first-order valence-corrected chi connectivity index (χ1v) is 6.43. The zero-order valence-corrected chi connectivity index (χ0v) is 9.46. The first-order valence-electron chi connectivity index (χ1n) is 5.28. The van der Waals surface area contributed by atoms with Gasteiger partial charge in [-0.05, 0) is 43.2 Å². The average Bonchev–Trinajstić information content (AvgIpc) is 2.19. The van der Waals surface area contributed by atoms with E-state index in [0.29, 0.717) is 0 Å². The summed E-state index contributed by atoms with van der Waals surface area (Å²) in [7, 11) is 0. The van der Waals surface area contributed by atoms with Crippen molar-refractivity contribution in [3.63, 3.8) is 0 Å². The largest absolute Gasteiger partial charge is 0.313 e. The van der Waals surface area contributed by atoms with Gasteiger partial charge in [-0.15, -0.1) is 0 Å². The zero-order chi connectivity index (χ0) is 9.52. The van der Waals surface area contributed by atoms with Crippen molar-refractivity contribution in [2.45, 2.75) is 26.2 Å². The van der Waals surface area contributed by atoms with Crippen molar-refractivity contribution in [3.8, 4) is 0 Å². The number of nitrogens with one attached hydrogen (secondary N) is 1. The quantitative estimate of drug-likeness (QED) is 0.683. The van der Waals surface area contributed by atoms with E-state index < -0.39 is 0 Å². The first kappa shape index (κ1) is 11.1. The lowest BCUT2D eigenvalue weighted by Crippen LogP contribution is -2.27. The van der Waals surface area contributed by atoms with Crippen molar-refractivity contribution in [1.29, 1.82) is 0 Å². The van der Waals surface area contributed by atoms with Crippen LogP contribution in [0.25, 0.3) is 0 Å². The van der Waals surface area contributed by atoms with E-state index in [4.69, 9.17) is 0 Å². The molecule has 13 heavy (non-hydrogen) atoms. The van der Waals surface area contributed by atoms with Gasteiger partial charge in [-0.3, -0.25) is 0 Å². The van der Waals surface area contributed by atoms with Gasteiger partial charge in [0.25, 0.3) is 0 Å². The van der Waals surface area contributed by atoms with Crippen LogP contribution in [0.4, 0.5) is 0 Å². The molecule has 0 unspecified atom stereocenters. The molecule has 76 valence electrons. The molecule has 2 heteroatoms. The van der Waals surface area contributed by atoms with Crippen LogP contribution in [0.15, 0.2) is 12.2 Å². The smallest absolute Gasteiger partial charge is 0.0161 e. The third-order valence-electron chi connectivity index (χ3n) is 2.65. The van der Waals surface area contributed by atoms with Gasteiger partial charge in [-0.1, -0.05) is 19.1 Å². The molecule has 0 saturated carbocycles. The zero-order valence-electron chi connectivity index (χ0n) is 8.64. The molecule has 0 aromatic heterocycles. The van der Waals surface area contributed by atoms with Crippen LogP contribution in [0.1, 0.15) is 26.2 Å². The lowest BCUT2D eigenvalue weighted by molar-refractivity contribution is 0.456. The van der Waals surface area contributed by atoms with Gasteiger partial charge in [0.1, 0.15) is 0 Å². The summed E-state index contributed by atoms with van der Waals surface area (Å²) in [6, 6.07) is 0. The van der Waals surface area contributed by atoms with Crippen LogP contribution in [-0.2, 0) is 0 Å². The molecule has 1 N–H and O–H groups in total. The van der Waals surface area contributed by atoms with Gasteiger partial charge < -0.3 is 5.32 Å². The Bertz CT molecular complexity index is 150. The molecule has 1 fully saturated rings. The molecular formula is C11H21NS. The van der Waals surface area contributed by atoms with Gasteiger partial charge in [-0.25, -0.2) is 0 Å². The molecule has 1 aliphatic rings. The van der Waals surface area contributed by atoms with E-state index >= 15 is 0 Å². The Labute approximate surface area is 86.4 Å². The molecule has 1 rings (SSSR count). The fraction of sp³-hybridized carbons (Fsp3) is 0.818. The first-order chi connectivity index (χ1) is 6.33. The topological polar surface area (TPSA) is 12.0 Å². The molecule has 0 atom stereocenters. The van der Waals surface area contributed by atoms with Crippen molar-refractivity contribution in [3.05, 3.63) is 12.2 Å². The molecule has 1 heterocycles. The summed E-state index contributed by atoms with van der Waals surface area (Å²) in [5, 5.41) is 3.50. The van der Waals surface area contributed by atoms with Crippen molar-refractivity contribution in [2.75, 3.05) is 24.6 Å². The van der Waals surface area contributed by atoms with Crippen LogP contribution < -0.4 is 5.32 Å². The highest BCUT2D eigenvalue weighted by Gasteiger charge is 2.12. The highest BCUT2D eigenvalue weighted by atomic mass is 32.2. The fourth-order valence-corrected chi connectivity index (χ4v) is 2.73. The predicted molar refractivity (Wildman–Crippen MR) is 62.3 cm³/mol. The standard InChI is InChI=1S/C11H21NS/c1-3-10(2)8-12-9-11-4-6-13-7-5-11/h11-12H,2-9H2,1H3. The van der Waals surface area contributed by atoms with Gasteiger partial charge in [0, 0.05) is 6.54 Å². The van der Waals surface area contributed by atoms with Crippen LogP contribution in [0, 0.1) is 5.92 Å². The number of thioether (sulfide) groups is 1. The van der Waals surface area contributed by atoms with Gasteiger partial charge >= 0.3 is 0 Å². The van der Waals surface area contributed by atoms with Crippen LogP contribution in [0.5, 0.6) is 0 Å². The van der Waals surface area contributed by atoms with Crippen molar-refractivity contribution >= 4 is 11.8 Å². The monoisotopic (exact) mass is 199 g/mol. The van der Waals surface area contributed by atoms with E-state index in [9.17, 15) is 0 Å². The Hall–Kier alpha value is 0.0500. The van der Waals surface area contributed by atoms with E-state index in [-0.39, 0.29) is 0 Å². The minimum absolute atomic E-state index is 0.922. The molecule has 1 saturated heterocycles. The Balaban J connectivity index is 2.01. The fourth-order valence-electron chi connectivity index (χ4n) is 1.53. The highest BCUT2D eigenvalue weighted by Crippen LogP contribution is 2.21. The Morgan fingerprint density at radius 1 is 1.46 bits per heavy atom. The van der Waals surface area contributed by atoms with E-state index in [1.54, 1.807) is 0 Å². The summed E-state index contributed by atoms with van der Waals surface area (Å²) in [4.78, 5) is 0. The normalized spacial score (nSPS) is 18.8. The second-order valence-corrected chi connectivity index (χ2v) is 5.01. The average molecular weight is 199 g/mol. The lowest BCUT2D eigenvalue weighted by atomic mass is 10.0. The van der Waals surface area contributed by atoms with E-state index in [1.807, 2.05) is 0 Å². The summed E-state index contributed by atoms with van der Waals surface area (Å²) < 4.78 is 0. The van der Waals surface area contributed by atoms with Gasteiger partial charge in [0.2, 0.25) is 0 Å². The van der Waals surface area contributed by atoms with Crippen molar-refractivity contribution < 1.29 is 0 Å². The second-order valence-electron chi connectivity index (χ2n) is 3.79. The SMILES string of the molecule is C=C(CC)CNCC1CCSCC1. The summed E-state index contributed by atoms with van der Waals surface area (Å²) in [5.41, 5.74) is 1.32. The second kappa shape index (κ2) is 6.50. The van der Waals surface area contributed by atoms with Crippen LogP contribution in [0.3, 0.4) is 0 Å². The van der Waals surface area contributed by atoms with Crippen LogP contribution in [-0.4, -0.2) is 24.6 Å². The molecule has 0 aromatic rings. The predicted octanol–water partition coefficient (Wildman–Crippen LogP) is 2.69. The molecule has 1 aliphatic heterocycles. The molecule has 0 aromatic carbocycles. The number of hydrogen-bond donors (Lipinski definition) is 1. The minimum atomic E-state index is 0.922. The number of rotatable bonds is 5. The molecule has 0 spiro atoms. The van der Waals surface area contributed by atoms with Gasteiger partial charge in [-0.2, -0.15) is 11.8 Å². The third-order valence-corrected chi connectivity index (χ3v) is 3.70. The van der Waals surface area contributed by atoms with E-state index in [2.05, 4.69) is 30.6 Å². The highest BCUT2D eigenvalue weighted by molar-refractivity contribution is 7.99. The maximum Gasteiger partial charge on any atom is 0.0161 e. The van der Waals surface area contributed by atoms with E-state index in [0.717, 1.165) is 18.9 Å². The summed E-state index contributed by atoms with van der Waals surface area (Å²) in [6.45, 7) is 8.37. The Morgan fingerprint density at radius 3 is 2.77 bits per heavy atom. The maximum absolute atomic E-state index is 3.99. The lowest BCUT2D eigenvalue weighted by Gasteiger charge is -2.21. The molecular weight excluding hydrogens is 178 g/mol. The Kier molecular flexibility index (Phi) is 5.56. The van der Waals surface area contributed by atoms with Gasteiger partial charge in [0.05, 0.1) is 0 Å². The summed E-state index contributed by atoms with van der Waals surface area (Å²) in [6.07, 6.45) is 3.90. The molecule has 0 bridgehead atoms. The van der Waals surface area contributed by atoms with Crippen molar-refractivity contribution in [2.24, 2.45) is 5.92 Å². The maximum atomic E-state index is 3.99. The number of hydrogen-bond acceptors (Lipinski definition) is 2. The third kappa shape index (κ3) is 4.72. The Morgan fingerprint density at radius 2 is 2.15 bits per heavy atom. The van der Waals surface area contributed by atoms with Gasteiger partial charge in [0.15, 0.2) is 0 Å². The van der Waals surface area contributed by atoms with Crippen LogP contribution >= 0.6 is 11.8 Å². The minimum Gasteiger partial charge on any atom is -0.313 e. The molecule has 1 nitrogen and oxygen atoms in total. The molecule has 0 aliphatic carbocycles. The summed E-state index contributed by atoms with van der Waals surface area (Å²) >= 11 is 2.10. The molecule has 0 radical (unpaired) electrons. The van der Waals surface area contributed by atoms with E-state index in [1.165, 1.54) is 36.5 Å². The molecule has 0 amide bonds. The summed E-state index contributed by atoms with van der Waals surface area (Å²) in [5.74, 6) is 3.65. The van der Waals surface area contributed by atoms with Crippen molar-refractivity contribution in [1.82, 2.24) is 5.32 Å². The van der Waals surface area contributed by atoms with Crippen LogP contribution in [0.2, 0.25) is 0 Å².